The smallest absolute Gasteiger partial charge is 0.0346 e. The highest BCUT2D eigenvalue weighted by Crippen LogP contribution is 2.29. The van der Waals surface area contributed by atoms with E-state index in [1.54, 1.807) is 0 Å². The summed E-state index contributed by atoms with van der Waals surface area (Å²) in [7, 11) is 0. The van der Waals surface area contributed by atoms with Gasteiger partial charge in [-0.15, -0.1) is 0 Å². The molecule has 0 unspecified atom stereocenters. The van der Waals surface area contributed by atoms with E-state index in [9.17, 15) is 0 Å². The third-order valence-electron chi connectivity index (χ3n) is 2.35. The minimum atomic E-state index is -0.0932. The summed E-state index contributed by atoms with van der Waals surface area (Å²) in [5.41, 5.74) is 1.22. The molecule has 0 radical (unpaired) electrons. The van der Waals surface area contributed by atoms with E-state index in [1.807, 2.05) is 18.5 Å². The minimum absolute atomic E-state index is 0.0932. The molecule has 0 aliphatic heterocycles. The Labute approximate surface area is 89.6 Å². The number of nitrogens with zero attached hydrogens (tertiary/aromatic N) is 1. The van der Waals surface area contributed by atoms with Crippen LogP contribution in [0.15, 0.2) is 36.7 Å². The van der Waals surface area contributed by atoms with Crippen molar-refractivity contribution in [2.75, 3.05) is 0 Å². The molecule has 0 saturated heterocycles. The first-order chi connectivity index (χ1) is 6.57. The molecule has 0 N–H and O–H groups in total. The Hall–Kier alpha value is -1.02. The van der Waals surface area contributed by atoms with Gasteiger partial charge in [0, 0.05) is 22.5 Å². The van der Waals surface area contributed by atoms with Gasteiger partial charge < -0.3 is 0 Å². The molecule has 72 valence electrons. The number of hydrogen-bond acceptors (Lipinski definition) is 2. The van der Waals surface area contributed by atoms with Gasteiger partial charge in [0.15, 0.2) is 0 Å². The van der Waals surface area contributed by atoms with Gasteiger partial charge in [0.2, 0.25) is 0 Å². The standard InChI is InChI=1S/C12H13NS/c1-12(2,14)11-4-3-9-5-6-13-8-10(9)7-11/h3-8,14H,1-2H3. The fourth-order valence-electron chi connectivity index (χ4n) is 1.47. The molecule has 0 amide bonds. The van der Waals surface area contributed by atoms with E-state index < -0.39 is 0 Å². The van der Waals surface area contributed by atoms with Crippen molar-refractivity contribution in [1.29, 1.82) is 0 Å². The molecule has 0 saturated carbocycles. The molecule has 0 aliphatic rings. The maximum absolute atomic E-state index is 4.55. The van der Waals surface area contributed by atoms with Crippen LogP contribution in [-0.2, 0) is 4.75 Å². The van der Waals surface area contributed by atoms with Gasteiger partial charge in [0.05, 0.1) is 0 Å². The predicted molar refractivity (Wildman–Crippen MR) is 63.8 cm³/mol. The second-order valence-corrected chi connectivity index (χ2v) is 5.11. The molecular formula is C12H13NS. The Morgan fingerprint density at radius 2 is 1.93 bits per heavy atom. The second-order valence-electron chi connectivity index (χ2n) is 4.00. The Bertz CT molecular complexity index is 457. The molecule has 2 heteroatoms. The Morgan fingerprint density at radius 1 is 1.14 bits per heavy atom. The van der Waals surface area contributed by atoms with Crippen LogP contribution in [0, 0.1) is 0 Å². The normalized spacial score (nSPS) is 11.9. The molecule has 1 aromatic heterocycles. The number of benzene rings is 1. The first-order valence-corrected chi connectivity index (χ1v) is 5.09. The first-order valence-electron chi connectivity index (χ1n) is 4.64. The SMILES string of the molecule is CC(C)(S)c1ccc2ccncc2c1. The van der Waals surface area contributed by atoms with Gasteiger partial charge >= 0.3 is 0 Å². The minimum Gasteiger partial charge on any atom is -0.264 e. The molecule has 0 aliphatic carbocycles. The van der Waals surface area contributed by atoms with E-state index >= 15 is 0 Å². The van der Waals surface area contributed by atoms with E-state index in [0.29, 0.717) is 0 Å². The number of fused-ring (bicyclic) bond motifs is 1. The van der Waals surface area contributed by atoms with Gasteiger partial charge in [-0.05, 0) is 36.9 Å². The van der Waals surface area contributed by atoms with Crippen molar-refractivity contribution in [1.82, 2.24) is 4.98 Å². The zero-order valence-corrected chi connectivity index (χ0v) is 9.25. The molecule has 2 rings (SSSR count). The van der Waals surface area contributed by atoms with Crippen LogP contribution in [0.1, 0.15) is 19.4 Å². The van der Waals surface area contributed by atoms with E-state index in [0.717, 1.165) is 0 Å². The quantitative estimate of drug-likeness (QED) is 0.701. The summed E-state index contributed by atoms with van der Waals surface area (Å²) in [6.07, 6.45) is 3.70. The summed E-state index contributed by atoms with van der Waals surface area (Å²) in [4.78, 5) is 4.11. The van der Waals surface area contributed by atoms with E-state index in [2.05, 4.69) is 49.7 Å². The number of aromatic nitrogens is 1. The van der Waals surface area contributed by atoms with Crippen molar-refractivity contribution in [2.24, 2.45) is 0 Å². The lowest BCUT2D eigenvalue weighted by molar-refractivity contribution is 0.793. The highest BCUT2D eigenvalue weighted by atomic mass is 32.1. The average Bonchev–Trinajstić information content (AvgIpc) is 2.16. The zero-order chi connectivity index (χ0) is 10.2. The van der Waals surface area contributed by atoms with Crippen LogP contribution in [0.25, 0.3) is 10.8 Å². The maximum atomic E-state index is 4.55. The molecule has 0 atom stereocenters. The first kappa shape index (κ1) is 9.53. The van der Waals surface area contributed by atoms with Gasteiger partial charge in [-0.1, -0.05) is 12.1 Å². The fraction of sp³-hybridized carbons (Fsp3) is 0.250. The summed E-state index contributed by atoms with van der Waals surface area (Å²) in [5, 5.41) is 2.40. The maximum Gasteiger partial charge on any atom is 0.0346 e. The summed E-state index contributed by atoms with van der Waals surface area (Å²) in [6.45, 7) is 4.18. The summed E-state index contributed by atoms with van der Waals surface area (Å²) in [5.74, 6) is 0. The lowest BCUT2D eigenvalue weighted by atomic mass is 9.99. The molecule has 0 spiro atoms. The third-order valence-corrected chi connectivity index (χ3v) is 2.61. The fourth-order valence-corrected chi connectivity index (χ4v) is 1.60. The van der Waals surface area contributed by atoms with Crippen LogP contribution in [0.3, 0.4) is 0 Å². The molecular weight excluding hydrogens is 190 g/mol. The van der Waals surface area contributed by atoms with Crippen molar-refractivity contribution in [3.8, 4) is 0 Å². The summed E-state index contributed by atoms with van der Waals surface area (Å²) < 4.78 is -0.0932. The van der Waals surface area contributed by atoms with Gasteiger partial charge in [0.25, 0.3) is 0 Å². The largest absolute Gasteiger partial charge is 0.264 e. The van der Waals surface area contributed by atoms with Crippen LogP contribution in [0.5, 0.6) is 0 Å². The molecule has 1 aromatic carbocycles. The van der Waals surface area contributed by atoms with Crippen molar-refractivity contribution in [3.63, 3.8) is 0 Å². The topological polar surface area (TPSA) is 12.9 Å². The van der Waals surface area contributed by atoms with Crippen molar-refractivity contribution in [3.05, 3.63) is 42.2 Å². The molecule has 1 nitrogen and oxygen atoms in total. The molecule has 0 bridgehead atoms. The predicted octanol–water partition coefficient (Wildman–Crippen LogP) is 3.40. The van der Waals surface area contributed by atoms with Crippen LogP contribution in [0.2, 0.25) is 0 Å². The van der Waals surface area contributed by atoms with Gasteiger partial charge in [-0.3, -0.25) is 4.98 Å². The van der Waals surface area contributed by atoms with Gasteiger partial charge in [-0.2, -0.15) is 12.6 Å². The zero-order valence-electron chi connectivity index (χ0n) is 8.36. The third kappa shape index (κ3) is 1.75. The van der Waals surface area contributed by atoms with Crippen LogP contribution in [0.4, 0.5) is 0 Å². The van der Waals surface area contributed by atoms with Crippen molar-refractivity contribution < 1.29 is 0 Å². The highest BCUT2D eigenvalue weighted by Gasteiger charge is 2.14. The molecule has 1 heterocycles. The van der Waals surface area contributed by atoms with Crippen LogP contribution < -0.4 is 0 Å². The summed E-state index contributed by atoms with van der Waals surface area (Å²) >= 11 is 4.55. The summed E-state index contributed by atoms with van der Waals surface area (Å²) in [6, 6.07) is 8.40. The average molecular weight is 203 g/mol. The number of rotatable bonds is 1. The van der Waals surface area contributed by atoms with Crippen molar-refractivity contribution in [2.45, 2.75) is 18.6 Å². The van der Waals surface area contributed by atoms with E-state index in [4.69, 9.17) is 0 Å². The molecule has 14 heavy (non-hydrogen) atoms. The Kier molecular flexibility index (Phi) is 2.23. The van der Waals surface area contributed by atoms with Gasteiger partial charge in [0.1, 0.15) is 0 Å². The van der Waals surface area contributed by atoms with Crippen LogP contribution >= 0.6 is 12.6 Å². The number of hydrogen-bond donors (Lipinski definition) is 1. The lowest BCUT2D eigenvalue weighted by Gasteiger charge is -2.18. The van der Waals surface area contributed by atoms with E-state index in [1.165, 1.54) is 16.3 Å². The second kappa shape index (κ2) is 3.28. The van der Waals surface area contributed by atoms with Crippen molar-refractivity contribution >= 4 is 23.4 Å². The van der Waals surface area contributed by atoms with Crippen LogP contribution in [-0.4, -0.2) is 4.98 Å². The monoisotopic (exact) mass is 203 g/mol. The van der Waals surface area contributed by atoms with E-state index in [-0.39, 0.29) is 4.75 Å². The Balaban J connectivity index is 2.63. The van der Waals surface area contributed by atoms with Gasteiger partial charge in [-0.25, -0.2) is 0 Å². The number of pyridine rings is 1. The highest BCUT2D eigenvalue weighted by molar-refractivity contribution is 7.81. The number of thiol groups is 1. The molecule has 2 aromatic rings. The Morgan fingerprint density at radius 3 is 2.64 bits per heavy atom. The molecule has 0 fully saturated rings. The lowest BCUT2D eigenvalue weighted by Crippen LogP contribution is -2.06.